The molecule has 2 heterocycles. The van der Waals surface area contributed by atoms with E-state index in [4.69, 9.17) is 5.11 Å². The Morgan fingerprint density at radius 3 is 2.60 bits per heavy atom. The maximum Gasteiger partial charge on any atom is 0.345 e. The van der Waals surface area contributed by atoms with E-state index in [1.165, 1.54) is 10.4 Å². The molecular formula is C13H19NO4S2. The molecule has 0 bridgehead atoms. The zero-order valence-corrected chi connectivity index (χ0v) is 13.4. The summed E-state index contributed by atoms with van der Waals surface area (Å²) < 4.78 is 26.9. The van der Waals surface area contributed by atoms with Crippen LogP contribution in [0, 0.1) is 12.8 Å². The first-order valence-electron chi connectivity index (χ1n) is 6.59. The number of thiophene rings is 1. The topological polar surface area (TPSA) is 74.7 Å². The number of carboxylic acids is 1. The van der Waals surface area contributed by atoms with Gasteiger partial charge in [0.05, 0.1) is 4.90 Å². The molecule has 0 amide bonds. The molecule has 1 fully saturated rings. The van der Waals surface area contributed by atoms with Gasteiger partial charge in [-0.3, -0.25) is 0 Å². The minimum absolute atomic E-state index is 0.0451. The molecule has 0 aromatic carbocycles. The maximum absolute atomic E-state index is 12.7. The van der Waals surface area contributed by atoms with Crippen molar-refractivity contribution in [1.82, 2.24) is 4.31 Å². The van der Waals surface area contributed by atoms with E-state index >= 15 is 0 Å². The van der Waals surface area contributed by atoms with Gasteiger partial charge < -0.3 is 5.11 Å². The molecule has 1 N–H and O–H groups in total. The second-order valence-corrected chi connectivity index (χ2v) is 8.55. The molecule has 1 aromatic heterocycles. The number of nitrogens with zero attached hydrogens (tertiary/aromatic N) is 1. The number of carbonyl (C=O) groups is 1. The van der Waals surface area contributed by atoms with Crippen LogP contribution in [0.5, 0.6) is 0 Å². The first-order chi connectivity index (χ1) is 9.23. The van der Waals surface area contributed by atoms with E-state index in [2.05, 4.69) is 6.92 Å². The van der Waals surface area contributed by atoms with Crippen LogP contribution in [-0.2, 0) is 10.0 Å². The van der Waals surface area contributed by atoms with Gasteiger partial charge in [0.25, 0.3) is 0 Å². The van der Waals surface area contributed by atoms with Crippen molar-refractivity contribution in [1.29, 1.82) is 0 Å². The summed E-state index contributed by atoms with van der Waals surface area (Å²) in [6.45, 7) is 6.19. The highest BCUT2D eigenvalue weighted by atomic mass is 32.2. The number of piperidine rings is 1. The Bertz CT molecular complexity index is 620. The van der Waals surface area contributed by atoms with Gasteiger partial charge in [-0.1, -0.05) is 6.92 Å². The third-order valence-corrected chi connectivity index (χ3v) is 7.05. The normalized spacial score (nSPS) is 24.8. The van der Waals surface area contributed by atoms with Crippen molar-refractivity contribution in [2.45, 2.75) is 44.6 Å². The summed E-state index contributed by atoms with van der Waals surface area (Å²) in [5, 5.41) is 8.99. The highest BCUT2D eigenvalue weighted by Gasteiger charge is 2.35. The third kappa shape index (κ3) is 2.75. The number of aromatic carboxylic acids is 1. The molecule has 0 spiro atoms. The Labute approximate surface area is 123 Å². The monoisotopic (exact) mass is 317 g/mol. The van der Waals surface area contributed by atoms with Gasteiger partial charge >= 0.3 is 5.97 Å². The Morgan fingerprint density at radius 1 is 1.45 bits per heavy atom. The van der Waals surface area contributed by atoms with Gasteiger partial charge in [-0.2, -0.15) is 4.31 Å². The predicted octanol–water partition coefficient (Wildman–Crippen LogP) is 2.56. The smallest absolute Gasteiger partial charge is 0.345 e. The van der Waals surface area contributed by atoms with E-state index in [0.717, 1.165) is 24.2 Å². The Kier molecular flexibility index (Phi) is 4.22. The van der Waals surface area contributed by atoms with Gasteiger partial charge in [-0.05, 0) is 38.7 Å². The van der Waals surface area contributed by atoms with E-state index in [9.17, 15) is 13.2 Å². The lowest BCUT2D eigenvalue weighted by Crippen LogP contribution is -2.44. The van der Waals surface area contributed by atoms with Crippen molar-refractivity contribution < 1.29 is 18.3 Å². The molecule has 20 heavy (non-hydrogen) atoms. The number of hydrogen-bond donors (Lipinski definition) is 1. The SMILES string of the molecule is Cc1sc(C(=O)O)cc1S(=O)(=O)N1CCC(C)CC1C. The average Bonchev–Trinajstić information content (AvgIpc) is 2.71. The van der Waals surface area contributed by atoms with Crippen LogP contribution in [0.15, 0.2) is 11.0 Å². The molecule has 1 aliphatic rings. The van der Waals surface area contributed by atoms with E-state index in [1.54, 1.807) is 6.92 Å². The molecule has 112 valence electrons. The summed E-state index contributed by atoms with van der Waals surface area (Å²) in [5.41, 5.74) is 0. The lowest BCUT2D eigenvalue weighted by atomic mass is 9.95. The zero-order chi connectivity index (χ0) is 15.1. The number of hydrogen-bond acceptors (Lipinski definition) is 4. The molecule has 1 aromatic rings. The predicted molar refractivity (Wildman–Crippen MR) is 77.8 cm³/mol. The van der Waals surface area contributed by atoms with Crippen LogP contribution in [0.25, 0.3) is 0 Å². The molecular weight excluding hydrogens is 298 g/mol. The van der Waals surface area contributed by atoms with Crippen LogP contribution < -0.4 is 0 Å². The van der Waals surface area contributed by atoms with Crippen LogP contribution in [0.3, 0.4) is 0 Å². The molecule has 0 saturated carbocycles. The lowest BCUT2D eigenvalue weighted by Gasteiger charge is -2.35. The first-order valence-corrected chi connectivity index (χ1v) is 8.84. The number of rotatable bonds is 3. The van der Waals surface area contributed by atoms with E-state index in [-0.39, 0.29) is 15.8 Å². The molecule has 7 heteroatoms. The fraction of sp³-hybridized carbons (Fsp3) is 0.615. The van der Waals surface area contributed by atoms with Crippen molar-refractivity contribution in [2.24, 2.45) is 5.92 Å². The largest absolute Gasteiger partial charge is 0.477 e. The zero-order valence-electron chi connectivity index (χ0n) is 11.8. The van der Waals surface area contributed by atoms with E-state index in [0.29, 0.717) is 17.3 Å². The van der Waals surface area contributed by atoms with Gasteiger partial charge in [0, 0.05) is 17.5 Å². The van der Waals surface area contributed by atoms with Crippen molar-refractivity contribution in [3.63, 3.8) is 0 Å². The van der Waals surface area contributed by atoms with E-state index in [1.807, 2.05) is 6.92 Å². The van der Waals surface area contributed by atoms with Crippen molar-refractivity contribution in [3.05, 3.63) is 15.8 Å². The van der Waals surface area contributed by atoms with Gasteiger partial charge in [-0.15, -0.1) is 11.3 Å². The molecule has 5 nitrogen and oxygen atoms in total. The second kappa shape index (κ2) is 5.46. The molecule has 0 radical (unpaired) electrons. The van der Waals surface area contributed by atoms with Crippen molar-refractivity contribution in [3.8, 4) is 0 Å². The van der Waals surface area contributed by atoms with Crippen molar-refractivity contribution >= 4 is 27.3 Å². The summed E-state index contributed by atoms with van der Waals surface area (Å²) in [7, 11) is -3.60. The quantitative estimate of drug-likeness (QED) is 0.929. The third-order valence-electron chi connectivity index (χ3n) is 3.75. The second-order valence-electron chi connectivity index (χ2n) is 5.43. The van der Waals surface area contributed by atoms with Crippen molar-refractivity contribution in [2.75, 3.05) is 6.54 Å². The Morgan fingerprint density at radius 2 is 2.10 bits per heavy atom. The van der Waals surface area contributed by atoms with Crippen LogP contribution in [-0.4, -0.2) is 36.4 Å². The number of aryl methyl sites for hydroxylation is 1. The fourth-order valence-electron chi connectivity index (χ4n) is 2.70. The number of carboxylic acid groups (broad SMARTS) is 1. The van der Waals surface area contributed by atoms with Crippen LogP contribution >= 0.6 is 11.3 Å². The lowest BCUT2D eigenvalue weighted by molar-refractivity contribution is 0.0702. The van der Waals surface area contributed by atoms with Gasteiger partial charge in [0.1, 0.15) is 4.88 Å². The maximum atomic E-state index is 12.7. The average molecular weight is 317 g/mol. The van der Waals surface area contributed by atoms with E-state index < -0.39 is 16.0 Å². The molecule has 0 aliphatic carbocycles. The summed E-state index contributed by atoms with van der Waals surface area (Å²) in [5.74, 6) is -0.561. The van der Waals surface area contributed by atoms with Crippen LogP contribution in [0.1, 0.15) is 41.2 Å². The van der Waals surface area contributed by atoms with Crippen LogP contribution in [0.4, 0.5) is 0 Å². The molecule has 1 saturated heterocycles. The van der Waals surface area contributed by atoms with Gasteiger partial charge in [-0.25, -0.2) is 13.2 Å². The van der Waals surface area contributed by atoms with Crippen LogP contribution in [0.2, 0.25) is 0 Å². The summed E-state index contributed by atoms with van der Waals surface area (Å²) in [4.78, 5) is 11.7. The molecule has 1 aliphatic heterocycles. The summed E-state index contributed by atoms with van der Waals surface area (Å²) >= 11 is 1.01. The highest BCUT2D eigenvalue weighted by molar-refractivity contribution is 7.89. The minimum atomic E-state index is -3.60. The summed E-state index contributed by atoms with van der Waals surface area (Å²) in [6, 6.07) is 1.24. The first kappa shape index (κ1) is 15.5. The number of sulfonamides is 1. The molecule has 2 rings (SSSR count). The minimum Gasteiger partial charge on any atom is -0.477 e. The standard InChI is InChI=1S/C13H19NO4S2/c1-8-4-5-14(9(2)6-8)20(17,18)12-7-11(13(15)16)19-10(12)3/h7-9H,4-6H2,1-3H3,(H,15,16). The summed E-state index contributed by atoms with van der Waals surface area (Å²) in [6.07, 6.45) is 1.69. The molecule has 2 atom stereocenters. The van der Waals surface area contributed by atoms with Gasteiger partial charge in [0.15, 0.2) is 0 Å². The molecule has 2 unspecified atom stereocenters. The Hall–Kier alpha value is -0.920. The fourth-order valence-corrected chi connectivity index (χ4v) is 5.75. The Balaban J connectivity index is 2.37. The van der Waals surface area contributed by atoms with Gasteiger partial charge in [0.2, 0.25) is 10.0 Å². The highest BCUT2D eigenvalue weighted by Crippen LogP contribution is 2.32.